The molecule has 3 rings (SSSR count). The van der Waals surface area contributed by atoms with Gasteiger partial charge in [-0.2, -0.15) is 13.2 Å². The number of carbonyl (C=O) groups is 3. The monoisotopic (exact) mass is 450 g/mol. The number of para-hydroxylation sites is 1. The third kappa shape index (κ3) is 6.03. The minimum absolute atomic E-state index is 0.0435. The van der Waals surface area contributed by atoms with E-state index in [1.807, 2.05) is 6.07 Å². The van der Waals surface area contributed by atoms with Crippen molar-refractivity contribution in [1.82, 2.24) is 15.2 Å². The molecule has 0 bridgehead atoms. The lowest BCUT2D eigenvalue weighted by Gasteiger charge is -2.33. The van der Waals surface area contributed by atoms with Crippen LogP contribution in [0.25, 0.3) is 0 Å². The van der Waals surface area contributed by atoms with Gasteiger partial charge >= 0.3 is 18.1 Å². The third-order valence-corrected chi connectivity index (χ3v) is 4.71. The van der Waals surface area contributed by atoms with Crippen LogP contribution in [0.15, 0.2) is 48.7 Å². The zero-order valence-corrected chi connectivity index (χ0v) is 17.0. The van der Waals surface area contributed by atoms with E-state index in [1.54, 1.807) is 34.1 Å². The Morgan fingerprint density at radius 2 is 1.75 bits per heavy atom. The highest BCUT2D eigenvalue weighted by Gasteiger charge is 2.38. The second-order valence-electron chi connectivity index (χ2n) is 6.95. The summed E-state index contributed by atoms with van der Waals surface area (Å²) in [6.45, 7) is 1.16. The van der Waals surface area contributed by atoms with Crippen molar-refractivity contribution >= 4 is 23.4 Å². The number of Topliss-reactive ketones (excluding diaryl/α,β-unsaturated/α-hetero) is 1. The van der Waals surface area contributed by atoms with Crippen LogP contribution in [-0.2, 0) is 16.1 Å². The van der Waals surface area contributed by atoms with E-state index in [2.05, 4.69) is 4.98 Å². The summed E-state index contributed by atoms with van der Waals surface area (Å²) in [5, 5.41) is 1.53. The lowest BCUT2D eigenvalue weighted by Crippen LogP contribution is -2.48. The number of urea groups is 1. The van der Waals surface area contributed by atoms with E-state index in [-0.39, 0.29) is 18.1 Å². The van der Waals surface area contributed by atoms with Gasteiger partial charge in [0.05, 0.1) is 32.0 Å². The number of rotatable bonds is 6. The SMILES string of the molecule is O=C(CNC(=O)C(F)(F)F)c1ccc(CN(C(=O)N2CCOCC2)c2ccccc2)nc1. The molecular weight excluding hydrogens is 429 g/mol. The van der Waals surface area contributed by atoms with Crippen molar-refractivity contribution in [2.45, 2.75) is 12.7 Å². The molecule has 1 fully saturated rings. The summed E-state index contributed by atoms with van der Waals surface area (Å²) in [5.41, 5.74) is 1.19. The van der Waals surface area contributed by atoms with Gasteiger partial charge in [-0.15, -0.1) is 0 Å². The molecule has 32 heavy (non-hydrogen) atoms. The number of ketones is 1. The predicted octanol–water partition coefficient (Wildman–Crippen LogP) is 2.40. The third-order valence-electron chi connectivity index (χ3n) is 4.71. The molecule has 0 radical (unpaired) electrons. The number of halogens is 3. The number of pyridine rings is 1. The van der Waals surface area contributed by atoms with E-state index in [4.69, 9.17) is 4.74 Å². The van der Waals surface area contributed by atoms with Crippen LogP contribution in [0, 0.1) is 0 Å². The van der Waals surface area contributed by atoms with Gasteiger partial charge in [-0.25, -0.2) is 4.79 Å². The highest BCUT2D eigenvalue weighted by Crippen LogP contribution is 2.19. The molecule has 0 atom stereocenters. The summed E-state index contributed by atoms with van der Waals surface area (Å²) >= 11 is 0. The fraction of sp³-hybridized carbons (Fsp3) is 0.333. The second-order valence-corrected chi connectivity index (χ2v) is 6.95. The molecule has 8 nitrogen and oxygen atoms in total. The number of alkyl halides is 3. The minimum atomic E-state index is -5.06. The molecule has 170 valence electrons. The van der Waals surface area contributed by atoms with Crippen molar-refractivity contribution in [3.63, 3.8) is 0 Å². The number of anilines is 1. The maximum Gasteiger partial charge on any atom is 0.471 e. The minimum Gasteiger partial charge on any atom is -0.378 e. The van der Waals surface area contributed by atoms with E-state index in [9.17, 15) is 27.6 Å². The van der Waals surface area contributed by atoms with Crippen molar-refractivity contribution in [1.29, 1.82) is 0 Å². The summed E-state index contributed by atoms with van der Waals surface area (Å²) in [7, 11) is 0. The average molecular weight is 450 g/mol. The summed E-state index contributed by atoms with van der Waals surface area (Å²) in [5.74, 6) is -2.90. The molecule has 2 aromatic rings. The van der Waals surface area contributed by atoms with Crippen LogP contribution < -0.4 is 10.2 Å². The Kier molecular flexibility index (Phi) is 7.41. The van der Waals surface area contributed by atoms with E-state index in [1.165, 1.54) is 23.6 Å². The van der Waals surface area contributed by atoms with E-state index >= 15 is 0 Å². The van der Waals surface area contributed by atoms with Gasteiger partial charge in [0, 0.05) is 30.5 Å². The lowest BCUT2D eigenvalue weighted by atomic mass is 10.1. The first-order valence-electron chi connectivity index (χ1n) is 9.78. The number of amides is 3. The Morgan fingerprint density at radius 3 is 2.34 bits per heavy atom. The van der Waals surface area contributed by atoms with Gasteiger partial charge in [-0.05, 0) is 24.3 Å². The Labute approximate surface area is 182 Å². The first kappa shape index (κ1) is 23.2. The van der Waals surface area contributed by atoms with Crippen LogP contribution in [0.3, 0.4) is 0 Å². The van der Waals surface area contributed by atoms with E-state index in [0.29, 0.717) is 37.7 Å². The number of ether oxygens (including phenoxy) is 1. The summed E-state index contributed by atoms with van der Waals surface area (Å²) in [6.07, 6.45) is -3.85. The maximum absolute atomic E-state index is 13.1. The standard InChI is InChI=1S/C21H21F3N4O4/c22-21(23,24)19(30)26-13-18(29)15-6-7-16(25-12-15)14-28(17-4-2-1-3-5-17)20(31)27-8-10-32-11-9-27/h1-7,12H,8-11,13-14H2,(H,26,30). The summed E-state index contributed by atoms with van der Waals surface area (Å²) < 4.78 is 42.0. The molecule has 1 saturated heterocycles. The van der Waals surface area contributed by atoms with Gasteiger partial charge in [-0.3, -0.25) is 19.5 Å². The molecule has 0 unspecified atom stereocenters. The zero-order valence-electron chi connectivity index (χ0n) is 17.0. The molecular formula is C21H21F3N4O4. The number of benzene rings is 1. The Bertz CT molecular complexity index is 946. The highest BCUT2D eigenvalue weighted by atomic mass is 19.4. The van der Waals surface area contributed by atoms with E-state index in [0.717, 1.165) is 0 Å². The highest BCUT2D eigenvalue weighted by molar-refractivity contribution is 5.99. The molecule has 0 spiro atoms. The Morgan fingerprint density at radius 1 is 1.06 bits per heavy atom. The van der Waals surface area contributed by atoms with Crippen LogP contribution in [0.5, 0.6) is 0 Å². The molecule has 1 aromatic carbocycles. The number of morpholine rings is 1. The van der Waals surface area contributed by atoms with Gasteiger partial charge in [0.1, 0.15) is 0 Å². The largest absolute Gasteiger partial charge is 0.471 e. The van der Waals surface area contributed by atoms with Gasteiger partial charge in [0.25, 0.3) is 0 Å². The van der Waals surface area contributed by atoms with Crippen LogP contribution in [-0.4, -0.2) is 66.6 Å². The smallest absolute Gasteiger partial charge is 0.378 e. The van der Waals surface area contributed by atoms with Crippen LogP contribution in [0.4, 0.5) is 23.7 Å². The Hall–Kier alpha value is -3.47. The Balaban J connectivity index is 1.69. The maximum atomic E-state index is 13.1. The zero-order chi connectivity index (χ0) is 23.1. The summed E-state index contributed by atoms with van der Waals surface area (Å²) in [4.78, 5) is 43.4. The number of aromatic nitrogens is 1. The predicted molar refractivity (Wildman–Crippen MR) is 108 cm³/mol. The number of nitrogens with one attached hydrogen (secondary N) is 1. The number of nitrogens with zero attached hydrogens (tertiary/aromatic N) is 3. The molecule has 0 aliphatic carbocycles. The summed E-state index contributed by atoms with van der Waals surface area (Å²) in [6, 6.07) is 11.7. The van der Waals surface area contributed by atoms with Crippen LogP contribution in [0.1, 0.15) is 16.1 Å². The quantitative estimate of drug-likeness (QED) is 0.683. The van der Waals surface area contributed by atoms with E-state index < -0.39 is 24.4 Å². The van der Waals surface area contributed by atoms with Crippen LogP contribution >= 0.6 is 0 Å². The number of carbonyl (C=O) groups excluding carboxylic acids is 3. The van der Waals surface area contributed by atoms with Gasteiger partial charge in [-0.1, -0.05) is 18.2 Å². The molecule has 2 heterocycles. The number of hydrogen-bond donors (Lipinski definition) is 1. The molecule has 3 amide bonds. The van der Waals surface area contributed by atoms with Crippen molar-refractivity contribution < 1.29 is 32.3 Å². The van der Waals surface area contributed by atoms with Crippen molar-refractivity contribution in [3.05, 3.63) is 59.9 Å². The first-order chi connectivity index (χ1) is 15.3. The first-order valence-corrected chi connectivity index (χ1v) is 9.78. The van der Waals surface area contributed by atoms with Gasteiger partial charge in [0.15, 0.2) is 5.78 Å². The molecule has 1 aliphatic rings. The second kappa shape index (κ2) is 10.2. The average Bonchev–Trinajstić information content (AvgIpc) is 2.81. The molecule has 1 aliphatic heterocycles. The van der Waals surface area contributed by atoms with Gasteiger partial charge in [0.2, 0.25) is 0 Å². The van der Waals surface area contributed by atoms with Crippen molar-refractivity contribution in [2.24, 2.45) is 0 Å². The number of hydrogen-bond acceptors (Lipinski definition) is 5. The topological polar surface area (TPSA) is 91.8 Å². The van der Waals surface area contributed by atoms with Crippen molar-refractivity contribution in [3.8, 4) is 0 Å². The molecule has 11 heteroatoms. The molecule has 1 aromatic heterocycles. The van der Waals surface area contributed by atoms with Gasteiger partial charge < -0.3 is 15.0 Å². The fourth-order valence-corrected chi connectivity index (χ4v) is 3.01. The fourth-order valence-electron chi connectivity index (χ4n) is 3.01. The molecule has 1 N–H and O–H groups in total. The normalized spacial score (nSPS) is 14.0. The van der Waals surface area contributed by atoms with Crippen LogP contribution in [0.2, 0.25) is 0 Å². The lowest BCUT2D eigenvalue weighted by molar-refractivity contribution is -0.173. The molecule has 0 saturated carbocycles. The van der Waals surface area contributed by atoms with Crippen molar-refractivity contribution in [2.75, 3.05) is 37.7 Å².